The molecule has 0 aromatic heterocycles. The molecule has 0 spiro atoms. The minimum absolute atomic E-state index is 0.0501. The van der Waals surface area contributed by atoms with E-state index in [0.29, 0.717) is 18.8 Å². The minimum Gasteiger partial charge on any atom is -0.504 e. The molecule has 0 unspecified atom stereocenters. The van der Waals surface area contributed by atoms with Crippen molar-refractivity contribution in [2.75, 3.05) is 20.2 Å². The Morgan fingerprint density at radius 2 is 1.81 bits per heavy atom. The Labute approximate surface area is 154 Å². The van der Waals surface area contributed by atoms with E-state index in [2.05, 4.69) is 10.6 Å². The highest BCUT2D eigenvalue weighted by Gasteiger charge is 2.15. The van der Waals surface area contributed by atoms with E-state index in [9.17, 15) is 14.7 Å². The van der Waals surface area contributed by atoms with E-state index in [1.807, 2.05) is 20.8 Å². The van der Waals surface area contributed by atoms with Gasteiger partial charge in [0.15, 0.2) is 11.5 Å². The van der Waals surface area contributed by atoms with Crippen molar-refractivity contribution in [2.24, 2.45) is 0 Å². The summed E-state index contributed by atoms with van der Waals surface area (Å²) in [6, 6.07) is 4.83. The number of ether oxygens (including phenoxy) is 2. The van der Waals surface area contributed by atoms with Gasteiger partial charge >= 0.3 is 6.09 Å². The molecule has 0 aliphatic carbocycles. The summed E-state index contributed by atoms with van der Waals surface area (Å²) in [6.45, 7) is 6.43. The fourth-order valence-electron chi connectivity index (χ4n) is 1.99. The van der Waals surface area contributed by atoms with Gasteiger partial charge in [0, 0.05) is 19.2 Å². The van der Waals surface area contributed by atoms with E-state index in [1.165, 1.54) is 19.3 Å². The number of unbranched alkanes of at least 4 members (excludes halogenated alkanes) is 1. The van der Waals surface area contributed by atoms with Crippen molar-refractivity contribution < 1.29 is 24.2 Å². The summed E-state index contributed by atoms with van der Waals surface area (Å²) in [5.74, 6) is 0.191. The monoisotopic (exact) mass is 364 g/mol. The molecule has 0 aliphatic rings. The molecule has 0 saturated carbocycles. The van der Waals surface area contributed by atoms with Crippen LogP contribution in [0.1, 0.15) is 39.2 Å². The predicted octanol–water partition coefficient (Wildman–Crippen LogP) is 2.84. The summed E-state index contributed by atoms with van der Waals surface area (Å²) < 4.78 is 10.1. The van der Waals surface area contributed by atoms with Crippen molar-refractivity contribution in [1.29, 1.82) is 0 Å². The van der Waals surface area contributed by atoms with Gasteiger partial charge in [-0.15, -0.1) is 0 Å². The third-order valence-corrected chi connectivity index (χ3v) is 3.20. The van der Waals surface area contributed by atoms with Crippen LogP contribution in [0.4, 0.5) is 4.79 Å². The second kappa shape index (κ2) is 10.3. The van der Waals surface area contributed by atoms with Crippen LogP contribution in [0.25, 0.3) is 6.08 Å². The van der Waals surface area contributed by atoms with E-state index in [4.69, 9.17) is 9.47 Å². The molecule has 144 valence electrons. The number of rotatable bonds is 8. The quantitative estimate of drug-likeness (QED) is 0.487. The van der Waals surface area contributed by atoms with Gasteiger partial charge in [0.2, 0.25) is 5.91 Å². The first-order valence-electron chi connectivity index (χ1n) is 8.51. The molecule has 0 heterocycles. The van der Waals surface area contributed by atoms with E-state index in [0.717, 1.165) is 18.4 Å². The highest BCUT2D eigenvalue weighted by atomic mass is 16.6. The second-order valence-electron chi connectivity index (χ2n) is 6.69. The molecule has 26 heavy (non-hydrogen) atoms. The molecule has 7 heteroatoms. The van der Waals surface area contributed by atoms with Gasteiger partial charge in [0.1, 0.15) is 5.60 Å². The first-order chi connectivity index (χ1) is 12.2. The fraction of sp³-hybridized carbons (Fsp3) is 0.474. The van der Waals surface area contributed by atoms with E-state index >= 15 is 0 Å². The Balaban J connectivity index is 2.22. The highest BCUT2D eigenvalue weighted by molar-refractivity contribution is 5.91. The number of phenols is 1. The number of hydrogen-bond acceptors (Lipinski definition) is 5. The third kappa shape index (κ3) is 8.96. The van der Waals surface area contributed by atoms with Gasteiger partial charge in [-0.05, 0) is 57.4 Å². The number of carbonyl (C=O) groups is 2. The Morgan fingerprint density at radius 1 is 1.15 bits per heavy atom. The first-order valence-corrected chi connectivity index (χ1v) is 8.51. The smallest absolute Gasteiger partial charge is 0.407 e. The standard InChI is InChI=1S/C19H28N2O5/c1-19(2,3)26-18(24)21-12-6-5-11-20-17(23)10-8-14-7-9-15(22)16(13-14)25-4/h7-10,13,22H,5-6,11-12H2,1-4H3,(H,20,23)(H,21,24)/b10-8+. The van der Waals surface area contributed by atoms with Crippen LogP contribution in [0.15, 0.2) is 24.3 Å². The minimum atomic E-state index is -0.508. The molecule has 0 saturated heterocycles. The van der Waals surface area contributed by atoms with E-state index in [1.54, 1.807) is 18.2 Å². The number of phenolic OH excluding ortho intramolecular Hbond substituents is 1. The summed E-state index contributed by atoms with van der Waals surface area (Å²) in [5.41, 5.74) is 0.239. The fourth-order valence-corrected chi connectivity index (χ4v) is 1.99. The highest BCUT2D eigenvalue weighted by Crippen LogP contribution is 2.26. The van der Waals surface area contributed by atoms with Crippen molar-refractivity contribution >= 4 is 18.1 Å². The van der Waals surface area contributed by atoms with Crippen LogP contribution >= 0.6 is 0 Å². The maximum absolute atomic E-state index is 11.8. The maximum atomic E-state index is 11.8. The van der Waals surface area contributed by atoms with Gasteiger partial charge in [0.25, 0.3) is 0 Å². The van der Waals surface area contributed by atoms with Crippen LogP contribution in [-0.2, 0) is 9.53 Å². The van der Waals surface area contributed by atoms with Crippen molar-refractivity contribution in [1.82, 2.24) is 10.6 Å². The number of amides is 2. The zero-order valence-electron chi connectivity index (χ0n) is 15.8. The van der Waals surface area contributed by atoms with Crippen molar-refractivity contribution in [3.8, 4) is 11.5 Å². The molecule has 0 radical (unpaired) electrons. The van der Waals surface area contributed by atoms with Gasteiger partial charge in [-0.25, -0.2) is 4.79 Å². The lowest BCUT2D eigenvalue weighted by Gasteiger charge is -2.19. The molecule has 3 N–H and O–H groups in total. The summed E-state index contributed by atoms with van der Waals surface area (Å²) in [6.07, 6.45) is 4.10. The van der Waals surface area contributed by atoms with Crippen LogP contribution in [0, 0.1) is 0 Å². The third-order valence-electron chi connectivity index (χ3n) is 3.20. The van der Waals surface area contributed by atoms with Gasteiger partial charge in [-0.2, -0.15) is 0 Å². The van der Waals surface area contributed by atoms with Gasteiger partial charge in [0.05, 0.1) is 7.11 Å². The van der Waals surface area contributed by atoms with Crippen LogP contribution in [0.3, 0.4) is 0 Å². The molecule has 1 aromatic carbocycles. The average molecular weight is 364 g/mol. The molecular formula is C19H28N2O5. The molecule has 7 nitrogen and oxygen atoms in total. The van der Waals surface area contributed by atoms with Crippen molar-refractivity contribution in [3.05, 3.63) is 29.8 Å². The lowest BCUT2D eigenvalue weighted by Crippen LogP contribution is -2.33. The van der Waals surface area contributed by atoms with E-state index < -0.39 is 11.7 Å². The lowest BCUT2D eigenvalue weighted by molar-refractivity contribution is -0.116. The lowest BCUT2D eigenvalue weighted by atomic mass is 10.2. The molecule has 0 fully saturated rings. The number of nitrogens with one attached hydrogen (secondary N) is 2. The number of aromatic hydroxyl groups is 1. The van der Waals surface area contributed by atoms with Crippen LogP contribution in [-0.4, -0.2) is 42.9 Å². The zero-order chi connectivity index (χ0) is 19.6. The summed E-state index contributed by atoms with van der Waals surface area (Å²) >= 11 is 0. The largest absolute Gasteiger partial charge is 0.504 e. The predicted molar refractivity (Wildman–Crippen MR) is 100 cm³/mol. The van der Waals surface area contributed by atoms with Crippen LogP contribution in [0.5, 0.6) is 11.5 Å². The Morgan fingerprint density at radius 3 is 2.42 bits per heavy atom. The van der Waals surface area contributed by atoms with E-state index in [-0.39, 0.29) is 11.7 Å². The van der Waals surface area contributed by atoms with Crippen molar-refractivity contribution in [3.63, 3.8) is 0 Å². The average Bonchev–Trinajstić information content (AvgIpc) is 2.55. The molecule has 0 atom stereocenters. The first kappa shape index (κ1) is 21.3. The molecule has 2 amide bonds. The van der Waals surface area contributed by atoms with Gasteiger partial charge < -0.3 is 25.2 Å². The summed E-state index contributed by atoms with van der Waals surface area (Å²) in [4.78, 5) is 23.2. The molecular weight excluding hydrogens is 336 g/mol. The Bertz CT molecular complexity index is 635. The zero-order valence-corrected chi connectivity index (χ0v) is 15.8. The normalized spacial score (nSPS) is 11.2. The Kier molecular flexibility index (Phi) is 8.48. The molecule has 1 aromatic rings. The molecule has 0 bridgehead atoms. The summed E-state index contributed by atoms with van der Waals surface area (Å²) in [5, 5.41) is 15.0. The number of methoxy groups -OCH3 is 1. The van der Waals surface area contributed by atoms with Crippen molar-refractivity contribution in [2.45, 2.75) is 39.2 Å². The summed E-state index contributed by atoms with van der Waals surface area (Å²) in [7, 11) is 1.47. The number of carbonyl (C=O) groups excluding carboxylic acids is 2. The van der Waals surface area contributed by atoms with Crippen LogP contribution in [0.2, 0.25) is 0 Å². The molecule has 0 aliphatic heterocycles. The number of benzene rings is 1. The SMILES string of the molecule is COc1cc(/C=C/C(=O)NCCCCNC(=O)OC(C)(C)C)ccc1O. The second-order valence-corrected chi connectivity index (χ2v) is 6.69. The number of alkyl carbamates (subject to hydrolysis) is 1. The van der Waals surface area contributed by atoms with Crippen LogP contribution < -0.4 is 15.4 Å². The topological polar surface area (TPSA) is 96.9 Å². The maximum Gasteiger partial charge on any atom is 0.407 e. The number of hydrogen-bond donors (Lipinski definition) is 3. The van der Waals surface area contributed by atoms with Gasteiger partial charge in [-0.1, -0.05) is 6.07 Å². The Hall–Kier alpha value is -2.70. The molecule has 1 rings (SSSR count). The van der Waals surface area contributed by atoms with Gasteiger partial charge in [-0.3, -0.25) is 4.79 Å².